The molecule has 0 fully saturated rings. The first-order valence-corrected chi connectivity index (χ1v) is 7.15. The second kappa shape index (κ2) is 8.26. The second-order valence-electron chi connectivity index (χ2n) is 5.38. The molecule has 122 valence electrons. The molecule has 6 nitrogen and oxygen atoms in total. The summed E-state index contributed by atoms with van der Waals surface area (Å²) in [6.07, 6.45) is 1.34. The van der Waals surface area contributed by atoms with Crippen molar-refractivity contribution in [3.05, 3.63) is 23.8 Å². The van der Waals surface area contributed by atoms with Gasteiger partial charge in [-0.3, -0.25) is 9.59 Å². The van der Waals surface area contributed by atoms with Gasteiger partial charge in [0.1, 0.15) is 0 Å². The quantitative estimate of drug-likeness (QED) is 0.531. The highest BCUT2D eigenvalue weighted by Crippen LogP contribution is 2.33. The molecular weight excluding hydrogens is 284 g/mol. The van der Waals surface area contributed by atoms with Crippen LogP contribution in [0.5, 0.6) is 11.5 Å². The number of nitrogens with one attached hydrogen (secondary N) is 2. The summed E-state index contributed by atoms with van der Waals surface area (Å²) in [4.78, 5) is 22.5. The number of carbonyl (C=O) groups is 2. The van der Waals surface area contributed by atoms with Crippen molar-refractivity contribution in [2.24, 2.45) is 0 Å². The molecule has 6 heteroatoms. The van der Waals surface area contributed by atoms with Crippen LogP contribution in [0.4, 0.5) is 0 Å². The van der Waals surface area contributed by atoms with Gasteiger partial charge in [0.25, 0.3) is 0 Å². The van der Waals surface area contributed by atoms with E-state index in [1.807, 2.05) is 26.0 Å². The fourth-order valence-corrected chi connectivity index (χ4v) is 2.03. The highest BCUT2D eigenvalue weighted by atomic mass is 16.5. The van der Waals surface area contributed by atoms with Gasteiger partial charge in [-0.05, 0) is 38.0 Å². The molecular formula is C16H24N2O4. The molecule has 2 amide bonds. The van der Waals surface area contributed by atoms with Crippen LogP contribution >= 0.6 is 0 Å². The van der Waals surface area contributed by atoms with Gasteiger partial charge in [0, 0.05) is 13.1 Å². The molecule has 0 radical (unpaired) electrons. The lowest BCUT2D eigenvalue weighted by Gasteiger charge is -2.25. The lowest BCUT2D eigenvalue weighted by Crippen LogP contribution is -2.41. The summed E-state index contributed by atoms with van der Waals surface area (Å²) in [5.74, 6) is 1.14. The first-order chi connectivity index (χ1) is 10.5. The van der Waals surface area contributed by atoms with Crippen LogP contribution in [0, 0.1) is 0 Å². The minimum absolute atomic E-state index is 0.0779. The van der Waals surface area contributed by atoms with E-state index in [9.17, 15) is 9.59 Å². The zero-order chi connectivity index (χ0) is 16.6. The molecule has 0 heterocycles. The van der Waals surface area contributed by atoms with Crippen molar-refractivity contribution >= 4 is 12.3 Å². The maximum Gasteiger partial charge on any atom is 0.230 e. The van der Waals surface area contributed by atoms with Crippen LogP contribution < -0.4 is 20.1 Å². The van der Waals surface area contributed by atoms with Crippen molar-refractivity contribution in [2.45, 2.75) is 25.7 Å². The van der Waals surface area contributed by atoms with Crippen molar-refractivity contribution in [2.75, 3.05) is 27.3 Å². The average Bonchev–Trinajstić information content (AvgIpc) is 2.53. The molecule has 0 bridgehead atoms. The summed E-state index contributed by atoms with van der Waals surface area (Å²) >= 11 is 0. The Balaban J connectivity index is 2.75. The van der Waals surface area contributed by atoms with E-state index in [0.717, 1.165) is 5.56 Å². The van der Waals surface area contributed by atoms with E-state index in [-0.39, 0.29) is 5.91 Å². The van der Waals surface area contributed by atoms with Gasteiger partial charge in [0.05, 0.1) is 19.6 Å². The number of ether oxygens (including phenoxy) is 2. The summed E-state index contributed by atoms with van der Waals surface area (Å²) in [5.41, 5.74) is 0.145. The minimum Gasteiger partial charge on any atom is -0.493 e. The zero-order valence-electron chi connectivity index (χ0n) is 13.6. The van der Waals surface area contributed by atoms with Crippen LogP contribution in [-0.2, 0) is 15.0 Å². The Morgan fingerprint density at radius 3 is 2.45 bits per heavy atom. The Labute approximate surface area is 131 Å². The lowest BCUT2D eigenvalue weighted by atomic mass is 9.83. The van der Waals surface area contributed by atoms with Gasteiger partial charge in [0.15, 0.2) is 11.5 Å². The number of methoxy groups -OCH3 is 2. The van der Waals surface area contributed by atoms with E-state index < -0.39 is 5.41 Å². The number of amides is 2. The first-order valence-electron chi connectivity index (χ1n) is 7.15. The van der Waals surface area contributed by atoms with Gasteiger partial charge in [-0.25, -0.2) is 0 Å². The topological polar surface area (TPSA) is 76.7 Å². The Bertz CT molecular complexity index is 515. The largest absolute Gasteiger partial charge is 0.493 e. The van der Waals surface area contributed by atoms with Crippen molar-refractivity contribution in [1.82, 2.24) is 10.6 Å². The molecule has 0 atom stereocenters. The van der Waals surface area contributed by atoms with E-state index >= 15 is 0 Å². The van der Waals surface area contributed by atoms with Gasteiger partial charge in [0.2, 0.25) is 12.3 Å². The van der Waals surface area contributed by atoms with Gasteiger partial charge in [-0.1, -0.05) is 6.07 Å². The molecule has 0 aliphatic rings. The molecule has 1 rings (SSSR count). The van der Waals surface area contributed by atoms with Crippen LogP contribution in [-0.4, -0.2) is 39.6 Å². The monoisotopic (exact) mass is 308 g/mol. The van der Waals surface area contributed by atoms with E-state index in [0.29, 0.717) is 37.4 Å². The molecule has 0 saturated carbocycles. The molecule has 0 aromatic heterocycles. The minimum atomic E-state index is -0.697. The SMILES string of the molecule is COc1ccc(C(C)(C)C(=O)NCCCNC=O)cc1OC. The first kappa shape index (κ1) is 17.8. The molecule has 0 aliphatic carbocycles. The Hall–Kier alpha value is -2.24. The van der Waals surface area contributed by atoms with Crippen LogP contribution in [0.3, 0.4) is 0 Å². The van der Waals surface area contributed by atoms with Crippen LogP contribution in [0.25, 0.3) is 0 Å². The van der Waals surface area contributed by atoms with Crippen LogP contribution in [0.15, 0.2) is 18.2 Å². The van der Waals surface area contributed by atoms with Gasteiger partial charge in [-0.2, -0.15) is 0 Å². The van der Waals surface area contributed by atoms with E-state index in [2.05, 4.69) is 10.6 Å². The molecule has 2 N–H and O–H groups in total. The third-order valence-corrected chi connectivity index (χ3v) is 3.54. The van der Waals surface area contributed by atoms with Gasteiger partial charge in [-0.15, -0.1) is 0 Å². The number of hydrogen-bond donors (Lipinski definition) is 2. The van der Waals surface area contributed by atoms with Crippen LogP contribution in [0.1, 0.15) is 25.8 Å². The lowest BCUT2D eigenvalue weighted by molar-refractivity contribution is -0.125. The fraction of sp³-hybridized carbons (Fsp3) is 0.500. The molecule has 0 unspecified atom stereocenters. The molecule has 0 spiro atoms. The van der Waals surface area contributed by atoms with Gasteiger partial charge < -0.3 is 20.1 Å². The average molecular weight is 308 g/mol. The van der Waals surface area contributed by atoms with E-state index in [1.165, 1.54) is 0 Å². The predicted octanol–water partition coefficient (Wildman–Crippen LogP) is 1.23. The predicted molar refractivity (Wildman–Crippen MR) is 84.3 cm³/mol. The third kappa shape index (κ3) is 4.38. The summed E-state index contributed by atoms with van der Waals surface area (Å²) in [5, 5.41) is 5.44. The summed E-state index contributed by atoms with van der Waals surface area (Å²) in [6, 6.07) is 5.46. The number of hydrogen-bond acceptors (Lipinski definition) is 4. The highest BCUT2D eigenvalue weighted by Gasteiger charge is 2.30. The van der Waals surface area contributed by atoms with Crippen molar-refractivity contribution < 1.29 is 19.1 Å². The number of carbonyl (C=O) groups excluding carboxylic acids is 2. The van der Waals surface area contributed by atoms with E-state index in [1.54, 1.807) is 20.3 Å². The summed E-state index contributed by atoms with van der Waals surface area (Å²) in [6.45, 7) is 4.76. The standard InChI is InChI=1S/C16H24N2O4/c1-16(2,15(20)18-9-5-8-17-11-19)12-6-7-13(21-3)14(10-12)22-4/h6-7,10-11H,5,8-9H2,1-4H3,(H,17,19)(H,18,20). The fourth-order valence-electron chi connectivity index (χ4n) is 2.03. The van der Waals surface area contributed by atoms with Crippen LogP contribution in [0.2, 0.25) is 0 Å². The normalized spacial score (nSPS) is 10.7. The van der Waals surface area contributed by atoms with Crippen molar-refractivity contribution in [1.29, 1.82) is 0 Å². The highest BCUT2D eigenvalue weighted by molar-refractivity contribution is 5.87. The second-order valence-corrected chi connectivity index (χ2v) is 5.38. The Kier molecular flexibility index (Phi) is 6.69. The molecule has 1 aromatic carbocycles. The van der Waals surface area contributed by atoms with E-state index in [4.69, 9.17) is 9.47 Å². The molecule has 1 aromatic rings. The summed E-state index contributed by atoms with van der Waals surface area (Å²) in [7, 11) is 3.14. The maximum absolute atomic E-state index is 12.4. The number of benzene rings is 1. The van der Waals surface area contributed by atoms with Crippen molar-refractivity contribution in [3.8, 4) is 11.5 Å². The van der Waals surface area contributed by atoms with Gasteiger partial charge >= 0.3 is 0 Å². The molecule has 22 heavy (non-hydrogen) atoms. The Morgan fingerprint density at radius 1 is 1.18 bits per heavy atom. The smallest absolute Gasteiger partial charge is 0.230 e. The summed E-state index contributed by atoms with van der Waals surface area (Å²) < 4.78 is 10.5. The third-order valence-electron chi connectivity index (χ3n) is 3.54. The number of rotatable bonds is 9. The Morgan fingerprint density at radius 2 is 1.86 bits per heavy atom. The molecule has 0 saturated heterocycles. The zero-order valence-corrected chi connectivity index (χ0v) is 13.6. The maximum atomic E-state index is 12.4. The molecule has 0 aliphatic heterocycles. The van der Waals surface area contributed by atoms with Crippen molar-refractivity contribution in [3.63, 3.8) is 0 Å².